The predicted molar refractivity (Wildman–Crippen MR) is 162 cm³/mol. The van der Waals surface area contributed by atoms with Crippen molar-refractivity contribution in [3.8, 4) is 0 Å². The first kappa shape index (κ1) is 31.7. The van der Waals surface area contributed by atoms with Gasteiger partial charge >= 0.3 is 0 Å². The lowest BCUT2D eigenvalue weighted by Crippen LogP contribution is -2.51. The summed E-state index contributed by atoms with van der Waals surface area (Å²) in [6, 6.07) is 16.7. The molecule has 3 rings (SSSR count). The van der Waals surface area contributed by atoms with Gasteiger partial charge in [-0.05, 0) is 73.9 Å². The molecule has 1 N–H and O–H groups in total. The number of benzene rings is 3. The van der Waals surface area contributed by atoms with Gasteiger partial charge in [-0.2, -0.15) is 0 Å². The number of nitrogens with zero attached hydrogens (tertiary/aromatic N) is 2. The molecule has 1 unspecified atom stereocenters. The van der Waals surface area contributed by atoms with E-state index in [-0.39, 0.29) is 17.3 Å². The summed E-state index contributed by atoms with van der Waals surface area (Å²) in [6.45, 7) is 5.33. The predicted octanol–water partition coefficient (Wildman–Crippen LogP) is 6.48. The highest BCUT2D eigenvalue weighted by Crippen LogP contribution is 2.28. The second-order valence-corrected chi connectivity index (χ2v) is 12.5. The van der Waals surface area contributed by atoms with E-state index in [0.29, 0.717) is 38.4 Å². The minimum absolute atomic E-state index is 0.0146. The molecule has 0 aliphatic heterocycles. The number of carbonyl (C=O) groups is 2. The minimum Gasteiger partial charge on any atom is -0.354 e. The molecule has 3 aromatic rings. The van der Waals surface area contributed by atoms with Gasteiger partial charge in [0, 0.05) is 18.1 Å². The maximum absolute atomic E-state index is 14.0. The molecule has 7 nitrogen and oxygen atoms in total. The Morgan fingerprint density at radius 2 is 1.62 bits per heavy atom. The zero-order valence-electron chi connectivity index (χ0n) is 22.5. The Labute approximate surface area is 251 Å². The lowest BCUT2D eigenvalue weighted by atomic mass is 10.1. The summed E-state index contributed by atoms with van der Waals surface area (Å²) in [5.74, 6) is -0.908. The second kappa shape index (κ2) is 14.2. The summed E-state index contributed by atoms with van der Waals surface area (Å²) in [5, 5.41) is 3.90. The Hall–Kier alpha value is -2.78. The number of carbonyl (C=O) groups excluding carboxylic acids is 2. The van der Waals surface area contributed by atoms with Crippen molar-refractivity contribution in [2.75, 3.05) is 17.4 Å². The minimum atomic E-state index is -4.18. The van der Waals surface area contributed by atoms with Crippen LogP contribution in [0.4, 0.5) is 5.69 Å². The summed E-state index contributed by atoms with van der Waals surface area (Å²) < 4.78 is 28.8. The van der Waals surface area contributed by atoms with E-state index < -0.39 is 28.5 Å². The molecule has 0 bridgehead atoms. The molecule has 3 aromatic carbocycles. The van der Waals surface area contributed by atoms with Gasteiger partial charge in [-0.1, -0.05) is 72.4 Å². The third-order valence-corrected chi connectivity index (χ3v) is 9.16. The van der Waals surface area contributed by atoms with Gasteiger partial charge in [0.15, 0.2) is 0 Å². The molecule has 40 heavy (non-hydrogen) atoms. The topological polar surface area (TPSA) is 86.8 Å². The fourth-order valence-electron chi connectivity index (χ4n) is 4.04. The van der Waals surface area contributed by atoms with Crippen molar-refractivity contribution in [1.29, 1.82) is 0 Å². The van der Waals surface area contributed by atoms with Crippen molar-refractivity contribution < 1.29 is 18.0 Å². The molecule has 0 saturated carbocycles. The lowest BCUT2D eigenvalue weighted by Gasteiger charge is -2.32. The monoisotopic (exact) mass is 623 g/mol. The number of sulfonamides is 1. The largest absolute Gasteiger partial charge is 0.354 e. The normalized spacial score (nSPS) is 12.1. The average molecular weight is 625 g/mol. The van der Waals surface area contributed by atoms with E-state index in [1.54, 1.807) is 56.3 Å². The van der Waals surface area contributed by atoms with E-state index in [2.05, 4.69) is 5.32 Å². The Balaban J connectivity index is 2.02. The van der Waals surface area contributed by atoms with E-state index in [9.17, 15) is 18.0 Å². The number of hydrogen-bond donors (Lipinski definition) is 1. The van der Waals surface area contributed by atoms with E-state index >= 15 is 0 Å². The molecular weight excluding hydrogens is 593 g/mol. The van der Waals surface area contributed by atoms with Crippen LogP contribution in [0.5, 0.6) is 0 Å². The van der Waals surface area contributed by atoms with Crippen molar-refractivity contribution in [3.63, 3.8) is 0 Å². The van der Waals surface area contributed by atoms with Crippen molar-refractivity contribution in [1.82, 2.24) is 10.2 Å². The van der Waals surface area contributed by atoms with Gasteiger partial charge in [0.2, 0.25) is 11.8 Å². The number of aryl methyl sites for hydroxylation is 1. The molecule has 0 spiro atoms. The van der Waals surface area contributed by atoms with Gasteiger partial charge in [-0.15, -0.1) is 0 Å². The highest BCUT2D eigenvalue weighted by atomic mass is 35.5. The molecule has 1 atom stereocenters. The summed E-state index contributed by atoms with van der Waals surface area (Å²) in [7, 11) is -4.18. The van der Waals surface area contributed by atoms with Crippen molar-refractivity contribution >= 4 is 62.3 Å². The highest BCUT2D eigenvalue weighted by Gasteiger charge is 2.33. The van der Waals surface area contributed by atoms with Crippen LogP contribution in [0.3, 0.4) is 0 Å². The molecule has 0 saturated heterocycles. The first-order chi connectivity index (χ1) is 18.9. The van der Waals surface area contributed by atoms with Crippen molar-refractivity contribution in [2.45, 2.75) is 51.1 Å². The molecule has 0 radical (unpaired) electrons. The van der Waals surface area contributed by atoms with Gasteiger partial charge in [0.25, 0.3) is 10.0 Å². The number of amides is 2. The second-order valence-electron chi connectivity index (χ2n) is 9.34. The van der Waals surface area contributed by atoms with Crippen LogP contribution in [0.15, 0.2) is 71.6 Å². The van der Waals surface area contributed by atoms with Crippen LogP contribution in [0.25, 0.3) is 0 Å². The summed E-state index contributed by atoms with van der Waals surface area (Å²) >= 11 is 18.3. The standard InChI is InChI=1S/C29H32Cl3N3O4S/c1-4-5-16-33-29(37)21(3)34(18-22-10-15-25(31)26(32)17-22)28(36)19-35(27-9-7-6-8-20(27)2)40(38,39)24-13-11-23(30)12-14-24/h6-15,17,21H,4-5,16,18-19H2,1-3H3,(H,33,37). The number of rotatable bonds is 12. The van der Waals surface area contributed by atoms with Crippen LogP contribution < -0.4 is 9.62 Å². The first-order valence-corrected chi connectivity index (χ1v) is 15.4. The van der Waals surface area contributed by atoms with Gasteiger partial charge in [-0.3, -0.25) is 13.9 Å². The molecule has 0 aliphatic rings. The van der Waals surface area contributed by atoms with Gasteiger partial charge in [-0.25, -0.2) is 8.42 Å². The third-order valence-electron chi connectivity index (χ3n) is 6.40. The first-order valence-electron chi connectivity index (χ1n) is 12.8. The molecule has 0 aliphatic carbocycles. The Kier molecular flexibility index (Phi) is 11.3. The summed E-state index contributed by atoms with van der Waals surface area (Å²) in [4.78, 5) is 28.3. The van der Waals surface area contributed by atoms with Crippen molar-refractivity contribution in [2.24, 2.45) is 0 Å². The fraction of sp³-hybridized carbons (Fsp3) is 0.310. The zero-order chi connectivity index (χ0) is 29.4. The number of para-hydroxylation sites is 1. The van der Waals surface area contributed by atoms with E-state index in [1.165, 1.54) is 29.2 Å². The van der Waals surface area contributed by atoms with E-state index in [1.807, 2.05) is 6.92 Å². The Morgan fingerprint density at radius 3 is 2.25 bits per heavy atom. The van der Waals surface area contributed by atoms with Crippen molar-refractivity contribution in [3.05, 3.63) is 92.9 Å². The molecule has 11 heteroatoms. The van der Waals surface area contributed by atoms with E-state index in [4.69, 9.17) is 34.8 Å². The number of hydrogen-bond acceptors (Lipinski definition) is 4. The maximum atomic E-state index is 14.0. The maximum Gasteiger partial charge on any atom is 0.264 e. The molecule has 2 amide bonds. The lowest BCUT2D eigenvalue weighted by molar-refractivity contribution is -0.139. The molecular formula is C29H32Cl3N3O4S. The molecule has 0 aromatic heterocycles. The van der Waals surface area contributed by atoms with Gasteiger partial charge < -0.3 is 10.2 Å². The van der Waals surface area contributed by atoms with Crippen LogP contribution in [-0.2, 0) is 26.2 Å². The molecule has 214 valence electrons. The van der Waals surface area contributed by atoms with Crippen LogP contribution >= 0.6 is 34.8 Å². The van der Waals surface area contributed by atoms with Gasteiger partial charge in [0.1, 0.15) is 12.6 Å². The summed E-state index contributed by atoms with van der Waals surface area (Å²) in [5.41, 5.74) is 1.65. The zero-order valence-corrected chi connectivity index (χ0v) is 25.6. The quantitative estimate of drug-likeness (QED) is 0.234. The Bertz CT molecular complexity index is 1450. The SMILES string of the molecule is CCCCNC(=O)C(C)N(Cc1ccc(Cl)c(Cl)c1)C(=O)CN(c1ccccc1C)S(=O)(=O)c1ccc(Cl)cc1. The van der Waals surface area contributed by atoms with Crippen LogP contribution in [-0.4, -0.2) is 44.3 Å². The van der Waals surface area contributed by atoms with Gasteiger partial charge in [0.05, 0.1) is 20.6 Å². The summed E-state index contributed by atoms with van der Waals surface area (Å²) in [6.07, 6.45) is 1.69. The number of nitrogens with one attached hydrogen (secondary N) is 1. The van der Waals surface area contributed by atoms with Crippen LogP contribution in [0, 0.1) is 6.92 Å². The fourth-order valence-corrected chi connectivity index (χ4v) is 5.97. The van der Waals surface area contributed by atoms with E-state index in [0.717, 1.165) is 17.1 Å². The number of anilines is 1. The molecule has 0 fully saturated rings. The van der Waals surface area contributed by atoms with Crippen LogP contribution in [0.1, 0.15) is 37.8 Å². The smallest absolute Gasteiger partial charge is 0.264 e. The number of halogens is 3. The highest BCUT2D eigenvalue weighted by molar-refractivity contribution is 7.92. The average Bonchev–Trinajstić information content (AvgIpc) is 2.92. The van der Waals surface area contributed by atoms with Crippen LogP contribution in [0.2, 0.25) is 15.1 Å². The Morgan fingerprint density at radius 1 is 0.950 bits per heavy atom. The number of unbranched alkanes of at least 4 members (excludes halogenated alkanes) is 1. The third kappa shape index (κ3) is 7.91. The molecule has 0 heterocycles.